The van der Waals surface area contributed by atoms with Crippen LogP contribution in [0.25, 0.3) is 0 Å². The first-order valence-corrected chi connectivity index (χ1v) is 4.21. The van der Waals surface area contributed by atoms with E-state index < -0.39 is 0 Å². The molecule has 0 bridgehead atoms. The maximum Gasteiger partial charge on any atom is 0.221 e. The van der Waals surface area contributed by atoms with E-state index in [2.05, 4.69) is 5.32 Å². The summed E-state index contributed by atoms with van der Waals surface area (Å²) in [4.78, 5) is 10.7. The van der Waals surface area contributed by atoms with Crippen LogP contribution in [0.3, 0.4) is 0 Å². The summed E-state index contributed by atoms with van der Waals surface area (Å²) in [5.41, 5.74) is 6.16. The Labute approximate surface area is 77.1 Å². The number of carbonyl (C=O) groups is 1. The second kappa shape index (κ2) is 4.67. The van der Waals surface area contributed by atoms with Crippen molar-refractivity contribution in [3.05, 3.63) is 24.2 Å². The van der Waals surface area contributed by atoms with Crippen molar-refractivity contribution in [2.24, 2.45) is 11.7 Å². The molecule has 0 aliphatic heterocycles. The van der Waals surface area contributed by atoms with Crippen LogP contribution in [0.15, 0.2) is 23.0 Å². The van der Waals surface area contributed by atoms with E-state index in [1.807, 2.05) is 6.07 Å². The smallest absolute Gasteiger partial charge is 0.221 e. The van der Waals surface area contributed by atoms with Crippen molar-refractivity contribution in [2.45, 2.75) is 13.5 Å². The minimum atomic E-state index is -0.278. The Kier molecular flexibility index (Phi) is 3.52. The lowest BCUT2D eigenvalue weighted by Gasteiger charge is -2.07. The topological polar surface area (TPSA) is 68.3 Å². The molecule has 1 aromatic rings. The SMILES string of the molecule is CC(CNCc1ccoc1)C(N)=O. The fourth-order valence-electron chi connectivity index (χ4n) is 0.927. The zero-order chi connectivity index (χ0) is 9.68. The molecule has 0 radical (unpaired) electrons. The minimum Gasteiger partial charge on any atom is -0.472 e. The van der Waals surface area contributed by atoms with Gasteiger partial charge in [0.25, 0.3) is 0 Å². The monoisotopic (exact) mass is 182 g/mol. The van der Waals surface area contributed by atoms with Gasteiger partial charge in [0.15, 0.2) is 0 Å². The molecule has 4 nitrogen and oxygen atoms in total. The summed E-state index contributed by atoms with van der Waals surface area (Å²) in [7, 11) is 0. The summed E-state index contributed by atoms with van der Waals surface area (Å²) < 4.78 is 4.89. The lowest BCUT2D eigenvalue weighted by atomic mass is 10.1. The van der Waals surface area contributed by atoms with Crippen LogP contribution in [0, 0.1) is 5.92 Å². The van der Waals surface area contributed by atoms with Crippen LogP contribution in [0.2, 0.25) is 0 Å². The highest BCUT2D eigenvalue weighted by molar-refractivity contribution is 5.76. The number of primary amides is 1. The maximum atomic E-state index is 10.7. The number of hydrogen-bond donors (Lipinski definition) is 2. The summed E-state index contributed by atoms with van der Waals surface area (Å²) in [5.74, 6) is -0.411. The van der Waals surface area contributed by atoms with Crippen molar-refractivity contribution in [1.82, 2.24) is 5.32 Å². The number of carbonyl (C=O) groups excluding carboxylic acids is 1. The van der Waals surface area contributed by atoms with Crippen molar-refractivity contribution < 1.29 is 9.21 Å². The Bertz CT molecular complexity index is 257. The van der Waals surface area contributed by atoms with Gasteiger partial charge in [0.2, 0.25) is 5.91 Å². The number of nitrogens with two attached hydrogens (primary N) is 1. The lowest BCUT2D eigenvalue weighted by molar-refractivity contribution is -0.121. The van der Waals surface area contributed by atoms with Crippen molar-refractivity contribution in [3.8, 4) is 0 Å². The van der Waals surface area contributed by atoms with Crippen LogP contribution in [0.1, 0.15) is 12.5 Å². The standard InChI is InChI=1S/C9H14N2O2/c1-7(9(10)12)4-11-5-8-2-3-13-6-8/h2-3,6-7,11H,4-5H2,1H3,(H2,10,12). The van der Waals surface area contributed by atoms with Crippen molar-refractivity contribution in [2.75, 3.05) is 6.54 Å². The highest BCUT2D eigenvalue weighted by Gasteiger charge is 2.07. The molecule has 1 atom stereocenters. The molecular weight excluding hydrogens is 168 g/mol. The summed E-state index contributed by atoms with van der Waals surface area (Å²) in [6, 6.07) is 1.88. The normalized spacial score (nSPS) is 12.7. The van der Waals surface area contributed by atoms with Crippen LogP contribution < -0.4 is 11.1 Å². The third-order valence-corrected chi connectivity index (χ3v) is 1.85. The first-order chi connectivity index (χ1) is 6.20. The first kappa shape index (κ1) is 9.80. The van der Waals surface area contributed by atoms with Crippen LogP contribution in [-0.2, 0) is 11.3 Å². The zero-order valence-corrected chi connectivity index (χ0v) is 7.62. The van der Waals surface area contributed by atoms with E-state index in [-0.39, 0.29) is 11.8 Å². The second-order valence-corrected chi connectivity index (χ2v) is 3.07. The predicted octanol–water partition coefficient (Wildman–Crippen LogP) is 0.491. The Hall–Kier alpha value is -1.29. The molecule has 0 aromatic carbocycles. The van der Waals surface area contributed by atoms with Gasteiger partial charge >= 0.3 is 0 Å². The molecule has 72 valence electrons. The van der Waals surface area contributed by atoms with Crippen molar-refractivity contribution >= 4 is 5.91 Å². The predicted molar refractivity (Wildman–Crippen MR) is 48.8 cm³/mol. The summed E-state index contributed by atoms with van der Waals surface area (Å²) in [6.45, 7) is 3.10. The molecule has 0 fully saturated rings. The van der Waals surface area contributed by atoms with Crippen molar-refractivity contribution in [3.63, 3.8) is 0 Å². The Morgan fingerprint density at radius 3 is 3.08 bits per heavy atom. The third-order valence-electron chi connectivity index (χ3n) is 1.85. The van der Waals surface area contributed by atoms with Crippen LogP contribution in [-0.4, -0.2) is 12.5 Å². The van der Waals surface area contributed by atoms with E-state index in [1.165, 1.54) is 0 Å². The molecule has 0 aliphatic carbocycles. The van der Waals surface area contributed by atoms with E-state index in [0.717, 1.165) is 5.56 Å². The van der Waals surface area contributed by atoms with Gasteiger partial charge in [0.05, 0.1) is 12.5 Å². The molecule has 1 unspecified atom stereocenters. The average molecular weight is 182 g/mol. The highest BCUT2D eigenvalue weighted by atomic mass is 16.3. The number of amides is 1. The van der Waals surface area contributed by atoms with E-state index in [9.17, 15) is 4.79 Å². The first-order valence-electron chi connectivity index (χ1n) is 4.21. The Balaban J connectivity index is 2.18. The van der Waals surface area contributed by atoms with Crippen molar-refractivity contribution in [1.29, 1.82) is 0 Å². The molecular formula is C9H14N2O2. The van der Waals surface area contributed by atoms with Gasteiger partial charge in [-0.3, -0.25) is 4.79 Å². The molecule has 1 rings (SSSR count). The average Bonchev–Trinajstić information content (AvgIpc) is 2.56. The van der Waals surface area contributed by atoms with Crippen LogP contribution >= 0.6 is 0 Å². The summed E-state index contributed by atoms with van der Waals surface area (Å²) in [6.07, 6.45) is 3.29. The van der Waals surface area contributed by atoms with Gasteiger partial charge in [-0.05, 0) is 6.07 Å². The lowest BCUT2D eigenvalue weighted by Crippen LogP contribution is -2.30. The molecule has 13 heavy (non-hydrogen) atoms. The van der Waals surface area contributed by atoms with E-state index >= 15 is 0 Å². The molecule has 0 saturated carbocycles. The Morgan fingerprint density at radius 1 is 1.77 bits per heavy atom. The maximum absolute atomic E-state index is 10.7. The number of rotatable bonds is 5. The molecule has 1 amide bonds. The fraction of sp³-hybridized carbons (Fsp3) is 0.444. The number of hydrogen-bond acceptors (Lipinski definition) is 3. The molecule has 1 heterocycles. The van der Waals surface area contributed by atoms with Crippen LogP contribution in [0.5, 0.6) is 0 Å². The van der Waals surface area contributed by atoms with Gasteiger partial charge in [-0.25, -0.2) is 0 Å². The number of nitrogens with one attached hydrogen (secondary N) is 1. The largest absolute Gasteiger partial charge is 0.472 e. The van der Waals surface area contributed by atoms with Gasteiger partial charge < -0.3 is 15.5 Å². The number of furan rings is 1. The van der Waals surface area contributed by atoms with Gasteiger partial charge in [0, 0.05) is 24.6 Å². The molecule has 0 spiro atoms. The minimum absolute atomic E-state index is 0.132. The van der Waals surface area contributed by atoms with Gasteiger partial charge in [-0.1, -0.05) is 6.92 Å². The summed E-state index contributed by atoms with van der Waals surface area (Å²) in [5, 5.41) is 3.11. The van der Waals surface area contributed by atoms with Crippen LogP contribution in [0.4, 0.5) is 0 Å². The van der Waals surface area contributed by atoms with Gasteiger partial charge in [0.1, 0.15) is 0 Å². The van der Waals surface area contributed by atoms with E-state index in [0.29, 0.717) is 13.1 Å². The fourth-order valence-corrected chi connectivity index (χ4v) is 0.927. The molecule has 3 N–H and O–H groups in total. The quantitative estimate of drug-likeness (QED) is 0.696. The highest BCUT2D eigenvalue weighted by Crippen LogP contribution is 1.99. The second-order valence-electron chi connectivity index (χ2n) is 3.07. The third kappa shape index (κ3) is 3.29. The molecule has 0 aliphatic rings. The Morgan fingerprint density at radius 2 is 2.54 bits per heavy atom. The molecule has 1 aromatic heterocycles. The molecule has 4 heteroatoms. The van der Waals surface area contributed by atoms with E-state index in [1.54, 1.807) is 19.5 Å². The molecule has 0 saturated heterocycles. The van der Waals surface area contributed by atoms with Gasteiger partial charge in [-0.15, -0.1) is 0 Å². The van der Waals surface area contributed by atoms with E-state index in [4.69, 9.17) is 10.2 Å². The summed E-state index contributed by atoms with van der Waals surface area (Å²) >= 11 is 0. The van der Waals surface area contributed by atoms with Gasteiger partial charge in [-0.2, -0.15) is 0 Å². The zero-order valence-electron chi connectivity index (χ0n) is 7.62.